The molecule has 5 heteroatoms. The molecular weight excluding hydrogens is 292 g/mol. The Labute approximate surface area is 137 Å². The molecular formula is C18H24N2O3. The molecule has 1 heterocycles. The number of aldehydes is 1. The van der Waals surface area contributed by atoms with Gasteiger partial charge in [0.2, 0.25) is 0 Å². The van der Waals surface area contributed by atoms with E-state index in [2.05, 4.69) is 4.90 Å². The van der Waals surface area contributed by atoms with Crippen molar-refractivity contribution < 1.29 is 14.3 Å². The third kappa shape index (κ3) is 5.13. The summed E-state index contributed by atoms with van der Waals surface area (Å²) in [5.74, 6) is 0. The Morgan fingerprint density at radius 2 is 1.70 bits per heavy atom. The highest BCUT2D eigenvalue weighted by Crippen LogP contribution is 2.19. The molecule has 1 aromatic rings. The van der Waals surface area contributed by atoms with Crippen molar-refractivity contribution in [2.45, 2.75) is 26.4 Å². The van der Waals surface area contributed by atoms with Gasteiger partial charge in [0.25, 0.3) is 0 Å². The maximum atomic E-state index is 12.1. The van der Waals surface area contributed by atoms with Gasteiger partial charge in [0.05, 0.1) is 0 Å². The third-order valence-electron chi connectivity index (χ3n) is 3.56. The Morgan fingerprint density at radius 1 is 1.09 bits per heavy atom. The Kier molecular flexibility index (Phi) is 5.42. The summed E-state index contributed by atoms with van der Waals surface area (Å²) in [6.07, 6.45) is 3.78. The smallest absolute Gasteiger partial charge is 0.410 e. The summed E-state index contributed by atoms with van der Waals surface area (Å²) in [5, 5.41) is 0. The van der Waals surface area contributed by atoms with Crippen LogP contribution in [0.25, 0.3) is 6.08 Å². The molecule has 0 aromatic heterocycles. The first-order valence-corrected chi connectivity index (χ1v) is 7.84. The highest BCUT2D eigenvalue weighted by Gasteiger charge is 2.25. The first-order chi connectivity index (χ1) is 10.9. The highest BCUT2D eigenvalue weighted by molar-refractivity contribution is 5.74. The summed E-state index contributed by atoms with van der Waals surface area (Å²) in [7, 11) is 0. The summed E-state index contributed by atoms with van der Waals surface area (Å²) in [6, 6.07) is 8.03. The van der Waals surface area contributed by atoms with E-state index in [1.54, 1.807) is 11.0 Å². The van der Waals surface area contributed by atoms with Gasteiger partial charge in [-0.2, -0.15) is 0 Å². The van der Waals surface area contributed by atoms with Crippen LogP contribution >= 0.6 is 0 Å². The number of carbonyl (C=O) groups is 2. The molecule has 0 unspecified atom stereocenters. The van der Waals surface area contributed by atoms with Gasteiger partial charge in [0.15, 0.2) is 0 Å². The quantitative estimate of drug-likeness (QED) is 0.635. The van der Waals surface area contributed by atoms with Crippen molar-refractivity contribution in [3.05, 3.63) is 35.9 Å². The zero-order valence-corrected chi connectivity index (χ0v) is 14.0. The van der Waals surface area contributed by atoms with Crippen molar-refractivity contribution in [3.63, 3.8) is 0 Å². The van der Waals surface area contributed by atoms with Crippen molar-refractivity contribution in [1.29, 1.82) is 0 Å². The molecule has 1 fully saturated rings. The average molecular weight is 316 g/mol. The number of ether oxygens (including phenoxy) is 1. The molecule has 0 radical (unpaired) electrons. The van der Waals surface area contributed by atoms with Gasteiger partial charge in [0.1, 0.15) is 11.9 Å². The zero-order valence-electron chi connectivity index (χ0n) is 14.0. The van der Waals surface area contributed by atoms with Gasteiger partial charge < -0.3 is 14.5 Å². The molecule has 1 amide bonds. The standard InChI is InChI=1S/C18H24N2O3/c1-18(2,3)23-17(22)20-12-10-19(11-13-20)16-8-6-15(7-9-16)5-4-14-21/h4-9,14H,10-13H2,1-3H3. The summed E-state index contributed by atoms with van der Waals surface area (Å²) < 4.78 is 5.40. The topological polar surface area (TPSA) is 49.9 Å². The largest absolute Gasteiger partial charge is 0.444 e. The van der Waals surface area contributed by atoms with Crippen LogP contribution in [0.2, 0.25) is 0 Å². The lowest BCUT2D eigenvalue weighted by Crippen LogP contribution is -2.50. The Balaban J connectivity index is 1.90. The lowest BCUT2D eigenvalue weighted by Gasteiger charge is -2.36. The van der Waals surface area contributed by atoms with Crippen molar-refractivity contribution >= 4 is 24.1 Å². The van der Waals surface area contributed by atoms with Crippen LogP contribution in [0.15, 0.2) is 30.3 Å². The second kappa shape index (κ2) is 7.31. The summed E-state index contributed by atoms with van der Waals surface area (Å²) in [4.78, 5) is 26.4. The van der Waals surface area contributed by atoms with Crippen LogP contribution in [0.1, 0.15) is 26.3 Å². The van der Waals surface area contributed by atoms with Crippen LogP contribution in [0, 0.1) is 0 Å². The predicted octanol–water partition coefficient (Wildman–Crippen LogP) is 2.96. The molecule has 0 saturated carbocycles. The summed E-state index contributed by atoms with van der Waals surface area (Å²) in [5.41, 5.74) is 1.66. The molecule has 124 valence electrons. The minimum atomic E-state index is -0.459. The SMILES string of the molecule is CC(C)(C)OC(=O)N1CCN(c2ccc(C=CC=O)cc2)CC1. The molecule has 1 saturated heterocycles. The maximum absolute atomic E-state index is 12.1. The van der Waals surface area contributed by atoms with Gasteiger partial charge in [-0.3, -0.25) is 4.79 Å². The number of amides is 1. The number of carbonyl (C=O) groups excluding carboxylic acids is 2. The Hall–Kier alpha value is -2.30. The van der Waals surface area contributed by atoms with Crippen LogP contribution in [0.5, 0.6) is 0 Å². The fourth-order valence-corrected chi connectivity index (χ4v) is 2.42. The van der Waals surface area contributed by atoms with E-state index in [1.165, 1.54) is 6.08 Å². The first kappa shape index (κ1) is 17.1. The monoisotopic (exact) mass is 316 g/mol. The van der Waals surface area contributed by atoms with Crippen molar-refractivity contribution in [3.8, 4) is 0 Å². The lowest BCUT2D eigenvalue weighted by molar-refractivity contribution is -0.104. The van der Waals surface area contributed by atoms with Gasteiger partial charge in [0, 0.05) is 31.9 Å². The van der Waals surface area contributed by atoms with Crippen molar-refractivity contribution in [1.82, 2.24) is 4.90 Å². The van der Waals surface area contributed by atoms with E-state index in [0.717, 1.165) is 30.6 Å². The van der Waals surface area contributed by atoms with E-state index in [0.29, 0.717) is 13.1 Å². The first-order valence-electron chi connectivity index (χ1n) is 7.84. The highest BCUT2D eigenvalue weighted by atomic mass is 16.6. The van der Waals surface area contributed by atoms with E-state index >= 15 is 0 Å². The van der Waals surface area contributed by atoms with Crippen LogP contribution < -0.4 is 4.90 Å². The number of rotatable bonds is 3. The van der Waals surface area contributed by atoms with Gasteiger partial charge in [-0.15, -0.1) is 0 Å². The number of allylic oxidation sites excluding steroid dienone is 1. The second-order valence-electron chi connectivity index (χ2n) is 6.54. The number of hydrogen-bond acceptors (Lipinski definition) is 4. The molecule has 1 aliphatic heterocycles. The number of piperazine rings is 1. The van der Waals surface area contributed by atoms with E-state index < -0.39 is 5.60 Å². The second-order valence-corrected chi connectivity index (χ2v) is 6.54. The molecule has 23 heavy (non-hydrogen) atoms. The summed E-state index contributed by atoms with van der Waals surface area (Å²) >= 11 is 0. The van der Waals surface area contributed by atoms with Crippen LogP contribution in [0.4, 0.5) is 10.5 Å². The van der Waals surface area contributed by atoms with Crippen molar-refractivity contribution in [2.24, 2.45) is 0 Å². The number of anilines is 1. The molecule has 1 aliphatic rings. The zero-order chi connectivity index (χ0) is 16.9. The lowest BCUT2D eigenvalue weighted by atomic mass is 10.1. The van der Waals surface area contributed by atoms with E-state index in [9.17, 15) is 9.59 Å². The van der Waals surface area contributed by atoms with E-state index in [-0.39, 0.29) is 6.09 Å². The fourth-order valence-electron chi connectivity index (χ4n) is 2.42. The van der Waals surface area contributed by atoms with Crippen LogP contribution in [-0.2, 0) is 9.53 Å². The molecule has 0 N–H and O–H groups in total. The van der Waals surface area contributed by atoms with E-state index in [1.807, 2.05) is 45.0 Å². The Morgan fingerprint density at radius 3 is 2.22 bits per heavy atom. The van der Waals surface area contributed by atoms with Gasteiger partial charge in [-0.1, -0.05) is 18.2 Å². The third-order valence-corrected chi connectivity index (χ3v) is 3.56. The number of hydrogen-bond donors (Lipinski definition) is 0. The molecule has 1 aromatic carbocycles. The number of benzene rings is 1. The minimum Gasteiger partial charge on any atom is -0.444 e. The van der Waals surface area contributed by atoms with Crippen LogP contribution in [0.3, 0.4) is 0 Å². The fraction of sp³-hybridized carbons (Fsp3) is 0.444. The summed E-state index contributed by atoms with van der Waals surface area (Å²) in [6.45, 7) is 8.50. The molecule has 0 spiro atoms. The molecule has 5 nitrogen and oxygen atoms in total. The molecule has 2 rings (SSSR count). The number of nitrogens with zero attached hydrogens (tertiary/aromatic N) is 2. The van der Waals surface area contributed by atoms with Gasteiger partial charge >= 0.3 is 6.09 Å². The average Bonchev–Trinajstić information content (AvgIpc) is 2.52. The molecule has 0 bridgehead atoms. The minimum absolute atomic E-state index is 0.244. The van der Waals surface area contributed by atoms with Crippen molar-refractivity contribution in [2.75, 3.05) is 31.1 Å². The predicted molar refractivity (Wildman–Crippen MR) is 91.6 cm³/mol. The van der Waals surface area contributed by atoms with E-state index in [4.69, 9.17) is 4.74 Å². The van der Waals surface area contributed by atoms with Crippen LogP contribution in [-0.4, -0.2) is 49.1 Å². The Bertz CT molecular complexity index is 565. The maximum Gasteiger partial charge on any atom is 0.410 e. The van der Waals surface area contributed by atoms with Gasteiger partial charge in [-0.05, 0) is 44.5 Å². The normalized spacial score (nSPS) is 15.8. The molecule has 0 aliphatic carbocycles. The van der Waals surface area contributed by atoms with Gasteiger partial charge in [-0.25, -0.2) is 4.79 Å². The molecule has 0 atom stereocenters.